The van der Waals surface area contributed by atoms with E-state index in [9.17, 15) is 4.79 Å². The molecule has 106 valence electrons. The lowest BCUT2D eigenvalue weighted by atomic mass is 10.0. The van der Waals surface area contributed by atoms with E-state index in [2.05, 4.69) is 43.4 Å². The summed E-state index contributed by atoms with van der Waals surface area (Å²) in [5.41, 5.74) is 2.59. The molecule has 4 heteroatoms. The molecule has 2 rings (SSSR count). The fourth-order valence-corrected chi connectivity index (χ4v) is 2.75. The van der Waals surface area contributed by atoms with Gasteiger partial charge in [0.2, 0.25) is 0 Å². The maximum absolute atomic E-state index is 10.8. The Kier molecular flexibility index (Phi) is 4.93. The monoisotopic (exact) mass is 289 g/mol. The average molecular weight is 289 g/mol. The van der Waals surface area contributed by atoms with Gasteiger partial charge in [0.15, 0.2) is 0 Å². The van der Waals surface area contributed by atoms with E-state index in [4.69, 9.17) is 5.11 Å². The van der Waals surface area contributed by atoms with Crippen LogP contribution in [-0.2, 0) is 13.1 Å². The van der Waals surface area contributed by atoms with Crippen molar-refractivity contribution < 1.29 is 9.90 Å². The topological polar surface area (TPSA) is 49.3 Å². The standard InChI is InChI=1S/C16H19NO2S/c1-11(2)13-5-3-12(4-6-13)9-17-10-14-7-8-15(20-14)16(18)19/h3-8,11,17H,9-10H2,1-2H3,(H,18,19). The SMILES string of the molecule is CC(C)c1ccc(CNCc2ccc(C(=O)O)s2)cc1. The largest absolute Gasteiger partial charge is 0.477 e. The number of carboxylic acid groups (broad SMARTS) is 1. The number of benzene rings is 1. The summed E-state index contributed by atoms with van der Waals surface area (Å²) in [7, 11) is 0. The van der Waals surface area contributed by atoms with Gasteiger partial charge >= 0.3 is 5.97 Å². The van der Waals surface area contributed by atoms with Gasteiger partial charge in [-0.25, -0.2) is 4.79 Å². The molecule has 2 aromatic rings. The highest BCUT2D eigenvalue weighted by atomic mass is 32.1. The Morgan fingerprint density at radius 2 is 1.85 bits per heavy atom. The maximum Gasteiger partial charge on any atom is 0.345 e. The van der Waals surface area contributed by atoms with Crippen molar-refractivity contribution in [2.24, 2.45) is 0 Å². The number of hydrogen-bond acceptors (Lipinski definition) is 3. The van der Waals surface area contributed by atoms with Crippen LogP contribution < -0.4 is 5.32 Å². The van der Waals surface area contributed by atoms with Gasteiger partial charge in [-0.05, 0) is 29.2 Å². The minimum atomic E-state index is -0.856. The fraction of sp³-hybridized carbons (Fsp3) is 0.312. The molecule has 0 unspecified atom stereocenters. The van der Waals surface area contributed by atoms with E-state index in [-0.39, 0.29) is 0 Å². The van der Waals surface area contributed by atoms with Gasteiger partial charge in [-0.2, -0.15) is 0 Å². The van der Waals surface area contributed by atoms with E-state index in [0.717, 1.165) is 11.4 Å². The average Bonchev–Trinajstić information content (AvgIpc) is 2.88. The van der Waals surface area contributed by atoms with Crippen molar-refractivity contribution in [2.75, 3.05) is 0 Å². The molecule has 1 heterocycles. The summed E-state index contributed by atoms with van der Waals surface area (Å²) >= 11 is 1.32. The molecule has 0 spiro atoms. The number of nitrogens with one attached hydrogen (secondary N) is 1. The molecule has 0 bridgehead atoms. The van der Waals surface area contributed by atoms with E-state index >= 15 is 0 Å². The molecule has 0 aliphatic heterocycles. The minimum Gasteiger partial charge on any atom is -0.477 e. The Balaban J connectivity index is 1.84. The van der Waals surface area contributed by atoms with Crippen LogP contribution >= 0.6 is 11.3 Å². The van der Waals surface area contributed by atoms with Crippen LogP contribution in [0.1, 0.15) is 45.4 Å². The lowest BCUT2D eigenvalue weighted by Crippen LogP contribution is -2.11. The molecule has 0 aliphatic carbocycles. The van der Waals surface area contributed by atoms with Crippen LogP contribution in [0, 0.1) is 0 Å². The number of thiophene rings is 1. The van der Waals surface area contributed by atoms with Crippen LogP contribution in [0.3, 0.4) is 0 Å². The van der Waals surface area contributed by atoms with Crippen LogP contribution in [-0.4, -0.2) is 11.1 Å². The fourth-order valence-electron chi connectivity index (χ4n) is 1.94. The number of rotatable bonds is 6. The summed E-state index contributed by atoms with van der Waals surface area (Å²) in [6.07, 6.45) is 0. The van der Waals surface area contributed by atoms with Crippen molar-refractivity contribution in [3.05, 3.63) is 57.3 Å². The van der Waals surface area contributed by atoms with Crippen LogP contribution in [0.4, 0.5) is 0 Å². The van der Waals surface area contributed by atoms with Gasteiger partial charge in [-0.15, -0.1) is 11.3 Å². The summed E-state index contributed by atoms with van der Waals surface area (Å²) < 4.78 is 0. The van der Waals surface area contributed by atoms with E-state index in [1.165, 1.54) is 22.5 Å². The van der Waals surface area contributed by atoms with E-state index < -0.39 is 5.97 Å². The zero-order valence-electron chi connectivity index (χ0n) is 11.7. The summed E-state index contributed by atoms with van der Waals surface area (Å²) in [5, 5.41) is 12.2. The van der Waals surface area contributed by atoms with Crippen LogP contribution in [0.5, 0.6) is 0 Å². The summed E-state index contributed by atoms with van der Waals surface area (Å²) in [5.74, 6) is -0.303. The summed E-state index contributed by atoms with van der Waals surface area (Å²) in [6, 6.07) is 12.1. The van der Waals surface area contributed by atoms with Gasteiger partial charge in [0.1, 0.15) is 4.88 Å². The smallest absolute Gasteiger partial charge is 0.345 e. The second kappa shape index (κ2) is 6.68. The predicted molar refractivity (Wildman–Crippen MR) is 82.4 cm³/mol. The number of hydrogen-bond donors (Lipinski definition) is 2. The molecule has 1 aromatic carbocycles. The molecule has 0 aliphatic rings. The highest BCUT2D eigenvalue weighted by molar-refractivity contribution is 7.13. The Morgan fingerprint density at radius 1 is 1.15 bits per heavy atom. The van der Waals surface area contributed by atoms with Gasteiger partial charge in [0, 0.05) is 18.0 Å². The highest BCUT2D eigenvalue weighted by Crippen LogP contribution is 2.17. The Hall–Kier alpha value is -1.65. The van der Waals surface area contributed by atoms with Gasteiger partial charge in [-0.1, -0.05) is 38.1 Å². The van der Waals surface area contributed by atoms with Crippen molar-refractivity contribution in [1.82, 2.24) is 5.32 Å². The first kappa shape index (κ1) is 14.8. The third kappa shape index (κ3) is 3.92. The second-order valence-electron chi connectivity index (χ2n) is 5.07. The van der Waals surface area contributed by atoms with Crippen LogP contribution in [0.15, 0.2) is 36.4 Å². The Labute approximate surface area is 123 Å². The molecule has 3 nitrogen and oxygen atoms in total. The number of carboxylic acids is 1. The number of carbonyl (C=O) groups is 1. The molecule has 20 heavy (non-hydrogen) atoms. The molecule has 0 fully saturated rings. The first-order valence-electron chi connectivity index (χ1n) is 6.68. The highest BCUT2D eigenvalue weighted by Gasteiger charge is 2.06. The predicted octanol–water partition coefficient (Wildman–Crippen LogP) is 3.86. The van der Waals surface area contributed by atoms with E-state index in [1.54, 1.807) is 6.07 Å². The number of aromatic carboxylic acids is 1. The molecular formula is C16H19NO2S. The molecule has 1 aromatic heterocycles. The van der Waals surface area contributed by atoms with E-state index in [0.29, 0.717) is 17.3 Å². The third-order valence-electron chi connectivity index (χ3n) is 3.15. The zero-order chi connectivity index (χ0) is 14.5. The third-order valence-corrected chi connectivity index (χ3v) is 4.22. The van der Waals surface area contributed by atoms with Crippen molar-refractivity contribution in [2.45, 2.75) is 32.9 Å². The van der Waals surface area contributed by atoms with Crippen LogP contribution in [0.25, 0.3) is 0 Å². The van der Waals surface area contributed by atoms with Gasteiger partial charge in [0.05, 0.1) is 0 Å². The molecule has 2 N–H and O–H groups in total. The lowest BCUT2D eigenvalue weighted by Gasteiger charge is -2.07. The van der Waals surface area contributed by atoms with Gasteiger partial charge in [0.25, 0.3) is 0 Å². The van der Waals surface area contributed by atoms with Gasteiger partial charge in [-0.3, -0.25) is 0 Å². The first-order valence-corrected chi connectivity index (χ1v) is 7.49. The molecule has 0 atom stereocenters. The van der Waals surface area contributed by atoms with Crippen molar-refractivity contribution in [1.29, 1.82) is 0 Å². The molecule has 0 saturated carbocycles. The minimum absolute atomic E-state index is 0.392. The van der Waals surface area contributed by atoms with Crippen LogP contribution in [0.2, 0.25) is 0 Å². The maximum atomic E-state index is 10.8. The molecule has 0 radical (unpaired) electrons. The quantitative estimate of drug-likeness (QED) is 0.849. The second-order valence-corrected chi connectivity index (χ2v) is 6.24. The van der Waals surface area contributed by atoms with Gasteiger partial charge < -0.3 is 10.4 Å². The summed E-state index contributed by atoms with van der Waals surface area (Å²) in [6.45, 7) is 5.86. The van der Waals surface area contributed by atoms with Crippen molar-refractivity contribution >= 4 is 17.3 Å². The van der Waals surface area contributed by atoms with Crippen molar-refractivity contribution in [3.8, 4) is 0 Å². The zero-order valence-corrected chi connectivity index (χ0v) is 12.5. The normalized spacial score (nSPS) is 10.9. The Bertz CT molecular complexity index is 572. The Morgan fingerprint density at radius 3 is 2.40 bits per heavy atom. The molecule has 0 saturated heterocycles. The first-order chi connectivity index (χ1) is 9.56. The van der Waals surface area contributed by atoms with Crippen molar-refractivity contribution in [3.63, 3.8) is 0 Å². The molecule has 0 amide bonds. The van der Waals surface area contributed by atoms with E-state index in [1.807, 2.05) is 6.07 Å². The molecular weight excluding hydrogens is 270 g/mol. The lowest BCUT2D eigenvalue weighted by molar-refractivity contribution is 0.0702. The summed E-state index contributed by atoms with van der Waals surface area (Å²) in [4.78, 5) is 12.2.